The Balaban J connectivity index is 1.96. The number of halogens is 1. The Labute approximate surface area is 139 Å². The first-order valence-corrected chi connectivity index (χ1v) is 7.95. The van der Waals surface area contributed by atoms with Gasteiger partial charge in [0, 0.05) is 24.4 Å². The van der Waals surface area contributed by atoms with Crippen LogP contribution in [0, 0.1) is 5.92 Å². The molecular formula is C17H19ClN2O3. The van der Waals surface area contributed by atoms with Crippen molar-refractivity contribution in [2.45, 2.75) is 25.9 Å². The number of anilines is 1. The summed E-state index contributed by atoms with van der Waals surface area (Å²) in [5.41, 5.74) is -0.0229. The molecule has 2 heterocycles. The third-order valence-corrected chi connectivity index (χ3v) is 4.85. The highest BCUT2D eigenvalue weighted by Crippen LogP contribution is 2.32. The molecule has 3 rings (SSSR count). The highest BCUT2D eigenvalue weighted by Gasteiger charge is 2.34. The first-order chi connectivity index (χ1) is 10.8. The van der Waals surface area contributed by atoms with E-state index in [-0.39, 0.29) is 16.5 Å². The molecule has 1 aliphatic rings. The van der Waals surface area contributed by atoms with Crippen molar-refractivity contribution >= 4 is 34.3 Å². The number of hydrogen-bond donors (Lipinski definition) is 2. The predicted molar refractivity (Wildman–Crippen MR) is 90.3 cm³/mol. The van der Waals surface area contributed by atoms with E-state index in [1.165, 1.54) is 0 Å². The second kappa shape index (κ2) is 5.65. The van der Waals surface area contributed by atoms with Crippen LogP contribution in [0.25, 0.3) is 10.9 Å². The molecule has 1 aliphatic heterocycles. The zero-order valence-electron chi connectivity index (χ0n) is 13.1. The molecule has 23 heavy (non-hydrogen) atoms. The van der Waals surface area contributed by atoms with Gasteiger partial charge in [-0.2, -0.15) is 0 Å². The lowest BCUT2D eigenvalue weighted by atomic mass is 9.90. The van der Waals surface area contributed by atoms with E-state index in [0.717, 1.165) is 25.3 Å². The van der Waals surface area contributed by atoms with Crippen LogP contribution in [-0.2, 0) is 0 Å². The second-order valence-corrected chi connectivity index (χ2v) is 6.96. The van der Waals surface area contributed by atoms with Gasteiger partial charge in [-0.25, -0.2) is 9.78 Å². The van der Waals surface area contributed by atoms with Crippen molar-refractivity contribution < 1.29 is 15.0 Å². The van der Waals surface area contributed by atoms with Gasteiger partial charge < -0.3 is 15.1 Å². The summed E-state index contributed by atoms with van der Waals surface area (Å²) in [5, 5.41) is 20.2. The molecular weight excluding hydrogens is 316 g/mol. The summed E-state index contributed by atoms with van der Waals surface area (Å²) in [6, 6.07) is 6.87. The third kappa shape index (κ3) is 2.99. The molecule has 2 aromatic rings. The van der Waals surface area contributed by atoms with E-state index in [1.807, 2.05) is 19.9 Å². The van der Waals surface area contributed by atoms with Crippen LogP contribution in [0.5, 0.6) is 0 Å². The van der Waals surface area contributed by atoms with Gasteiger partial charge in [-0.05, 0) is 44.5 Å². The molecule has 122 valence electrons. The molecule has 1 fully saturated rings. The molecule has 0 radical (unpaired) electrons. The number of hydrogen-bond acceptors (Lipinski definition) is 4. The van der Waals surface area contributed by atoms with Crippen LogP contribution in [0.15, 0.2) is 24.3 Å². The Morgan fingerprint density at radius 3 is 2.70 bits per heavy atom. The number of pyridine rings is 1. The van der Waals surface area contributed by atoms with Crippen LogP contribution in [0.2, 0.25) is 5.02 Å². The SMILES string of the molecule is CC(C)(O)[C@@H]1CCN(c2ccc3c(C(=O)O)c(Cl)ccc3n2)C1. The molecule has 0 bridgehead atoms. The fourth-order valence-corrected chi connectivity index (χ4v) is 3.35. The van der Waals surface area contributed by atoms with Crippen molar-refractivity contribution in [3.05, 3.63) is 34.9 Å². The van der Waals surface area contributed by atoms with Crippen LogP contribution in [0.3, 0.4) is 0 Å². The number of rotatable bonds is 3. The topological polar surface area (TPSA) is 73.7 Å². The molecule has 0 saturated carbocycles. The molecule has 2 N–H and O–H groups in total. The lowest BCUT2D eigenvalue weighted by molar-refractivity contribution is 0.0263. The number of aromatic carboxylic acids is 1. The molecule has 0 unspecified atom stereocenters. The summed E-state index contributed by atoms with van der Waals surface area (Å²) in [7, 11) is 0. The van der Waals surface area contributed by atoms with E-state index >= 15 is 0 Å². The summed E-state index contributed by atoms with van der Waals surface area (Å²) in [5.74, 6) is -0.0684. The Hall–Kier alpha value is -1.85. The quantitative estimate of drug-likeness (QED) is 0.901. The lowest BCUT2D eigenvalue weighted by Crippen LogP contribution is -2.33. The standard InChI is InChI=1S/C17H19ClN2O3/c1-17(2,23)10-7-8-20(9-10)14-6-3-11-13(19-14)5-4-12(18)15(11)16(21)22/h3-6,10,23H,7-9H2,1-2H3,(H,21,22)/t10-/m1/s1. The third-order valence-electron chi connectivity index (χ3n) is 4.53. The van der Waals surface area contributed by atoms with Crippen molar-refractivity contribution in [2.24, 2.45) is 5.92 Å². The Morgan fingerprint density at radius 1 is 1.35 bits per heavy atom. The van der Waals surface area contributed by atoms with Gasteiger partial charge in [0.25, 0.3) is 0 Å². The fraction of sp³-hybridized carbons (Fsp3) is 0.412. The van der Waals surface area contributed by atoms with Gasteiger partial charge in [0.05, 0.1) is 21.7 Å². The minimum absolute atomic E-state index is 0.0824. The van der Waals surface area contributed by atoms with Crippen molar-refractivity contribution in [1.82, 2.24) is 4.98 Å². The van der Waals surface area contributed by atoms with E-state index in [0.29, 0.717) is 10.9 Å². The number of carboxylic acid groups (broad SMARTS) is 1. The number of benzene rings is 1. The van der Waals surface area contributed by atoms with Gasteiger partial charge in [-0.15, -0.1) is 0 Å². The normalized spacial score (nSPS) is 18.6. The minimum Gasteiger partial charge on any atom is -0.478 e. The number of fused-ring (bicyclic) bond motifs is 1. The zero-order valence-corrected chi connectivity index (χ0v) is 13.8. The molecule has 6 heteroatoms. The summed E-state index contributed by atoms with van der Waals surface area (Å²) in [6.07, 6.45) is 0.907. The maximum Gasteiger partial charge on any atom is 0.337 e. The Bertz CT molecular complexity index is 770. The van der Waals surface area contributed by atoms with Crippen LogP contribution >= 0.6 is 11.6 Å². The fourth-order valence-electron chi connectivity index (χ4n) is 3.11. The van der Waals surface area contributed by atoms with E-state index in [1.54, 1.807) is 18.2 Å². The first kappa shape index (κ1) is 16.0. The molecule has 1 aromatic carbocycles. The van der Waals surface area contributed by atoms with E-state index in [2.05, 4.69) is 9.88 Å². The van der Waals surface area contributed by atoms with Crippen molar-refractivity contribution in [2.75, 3.05) is 18.0 Å². The summed E-state index contributed by atoms with van der Waals surface area (Å²) in [6.45, 7) is 5.22. The van der Waals surface area contributed by atoms with Crippen LogP contribution in [0.4, 0.5) is 5.82 Å². The maximum absolute atomic E-state index is 11.4. The number of aromatic nitrogens is 1. The molecule has 0 amide bonds. The molecule has 1 atom stereocenters. The van der Waals surface area contributed by atoms with Crippen molar-refractivity contribution in [3.8, 4) is 0 Å². The van der Waals surface area contributed by atoms with E-state index in [4.69, 9.17) is 11.6 Å². The Kier molecular flexibility index (Phi) is 3.94. The average molecular weight is 335 g/mol. The predicted octanol–water partition coefficient (Wildman–Crippen LogP) is 3.18. The highest BCUT2D eigenvalue weighted by atomic mass is 35.5. The number of nitrogens with zero attached hydrogens (tertiary/aromatic N) is 2. The first-order valence-electron chi connectivity index (χ1n) is 7.57. The van der Waals surface area contributed by atoms with Gasteiger partial charge in [-0.3, -0.25) is 0 Å². The second-order valence-electron chi connectivity index (χ2n) is 6.55. The molecule has 0 aliphatic carbocycles. The summed E-state index contributed by atoms with van der Waals surface area (Å²) < 4.78 is 0. The van der Waals surface area contributed by atoms with Gasteiger partial charge in [-0.1, -0.05) is 11.6 Å². The maximum atomic E-state index is 11.4. The minimum atomic E-state index is -1.06. The van der Waals surface area contributed by atoms with Gasteiger partial charge in [0.2, 0.25) is 0 Å². The average Bonchev–Trinajstić information content (AvgIpc) is 2.96. The smallest absolute Gasteiger partial charge is 0.337 e. The van der Waals surface area contributed by atoms with E-state index in [9.17, 15) is 15.0 Å². The lowest BCUT2D eigenvalue weighted by Gasteiger charge is -2.26. The van der Waals surface area contributed by atoms with E-state index < -0.39 is 11.6 Å². The largest absolute Gasteiger partial charge is 0.478 e. The number of carboxylic acids is 1. The van der Waals surface area contributed by atoms with Gasteiger partial charge >= 0.3 is 5.97 Å². The van der Waals surface area contributed by atoms with Crippen LogP contribution in [-0.4, -0.2) is 39.9 Å². The molecule has 1 aromatic heterocycles. The summed E-state index contributed by atoms with van der Waals surface area (Å²) >= 11 is 5.99. The van der Waals surface area contributed by atoms with Crippen LogP contribution in [0.1, 0.15) is 30.6 Å². The molecule has 1 saturated heterocycles. The van der Waals surface area contributed by atoms with Gasteiger partial charge in [0.1, 0.15) is 5.82 Å². The van der Waals surface area contributed by atoms with Crippen molar-refractivity contribution in [3.63, 3.8) is 0 Å². The van der Waals surface area contributed by atoms with Crippen LogP contribution < -0.4 is 4.90 Å². The van der Waals surface area contributed by atoms with Crippen molar-refractivity contribution in [1.29, 1.82) is 0 Å². The summed E-state index contributed by atoms with van der Waals surface area (Å²) in [4.78, 5) is 18.1. The van der Waals surface area contributed by atoms with Gasteiger partial charge in [0.15, 0.2) is 0 Å². The highest BCUT2D eigenvalue weighted by molar-refractivity contribution is 6.35. The number of carbonyl (C=O) groups is 1. The molecule has 5 nitrogen and oxygen atoms in total. The number of aliphatic hydroxyl groups is 1. The molecule has 0 spiro atoms. The monoisotopic (exact) mass is 334 g/mol. The zero-order chi connectivity index (χ0) is 16.8. The Morgan fingerprint density at radius 2 is 2.09 bits per heavy atom.